The van der Waals surface area contributed by atoms with Gasteiger partial charge in [-0.05, 0) is 13.0 Å². The van der Waals surface area contributed by atoms with Crippen LogP contribution in [0.25, 0.3) is 0 Å². The number of anilines is 1. The molecule has 0 radical (unpaired) electrons. The van der Waals surface area contributed by atoms with E-state index in [2.05, 4.69) is 4.98 Å². The molecule has 2 fully saturated rings. The Morgan fingerprint density at radius 3 is 2.92 bits per heavy atom. The number of aliphatic carboxylic acids is 1. The first-order chi connectivity index (χ1) is 12.0. The van der Waals surface area contributed by atoms with Crippen LogP contribution in [0.4, 0.5) is 14.6 Å². The van der Waals surface area contributed by atoms with E-state index in [1.807, 2.05) is 5.09 Å². The van der Waals surface area contributed by atoms with Crippen molar-refractivity contribution in [2.24, 2.45) is 0 Å². The third-order valence-corrected chi connectivity index (χ3v) is 5.53. The first kappa shape index (κ1) is 18.9. The van der Waals surface area contributed by atoms with Crippen LogP contribution in [0, 0.1) is 0 Å². The molecule has 144 valence electrons. The van der Waals surface area contributed by atoms with Gasteiger partial charge in [0.1, 0.15) is 18.0 Å². The molecule has 0 amide bonds. The fourth-order valence-electron chi connectivity index (χ4n) is 2.55. The molecule has 2 aliphatic heterocycles. The van der Waals surface area contributed by atoms with E-state index in [9.17, 15) is 22.9 Å². The van der Waals surface area contributed by atoms with Gasteiger partial charge in [-0.3, -0.25) is 18.4 Å². The summed E-state index contributed by atoms with van der Waals surface area (Å²) in [6.45, 7) is 0.594. The van der Waals surface area contributed by atoms with E-state index in [0.717, 1.165) is 19.2 Å². The first-order valence-corrected chi connectivity index (χ1v) is 8.89. The number of nitrogens with two attached hydrogens (primary N) is 1. The number of aromatic nitrogens is 2. The van der Waals surface area contributed by atoms with Gasteiger partial charge >= 0.3 is 25.3 Å². The molecule has 3 rings (SSSR count). The normalized spacial score (nSPS) is 34.2. The number of fused-ring (bicyclic) bond motifs is 1. The maximum Gasteiger partial charge on any atom is 0.406 e. The molecular weight excluding hydrogens is 381 g/mol. The molecule has 2 saturated heterocycles. The number of carboxylic acids is 1. The highest BCUT2D eigenvalue weighted by atomic mass is 31.2. The van der Waals surface area contributed by atoms with Crippen molar-refractivity contribution in [3.63, 3.8) is 0 Å². The predicted octanol–water partition coefficient (Wildman–Crippen LogP) is -0.0556. The van der Waals surface area contributed by atoms with Crippen molar-refractivity contribution in [3.8, 4) is 0 Å². The second kappa shape index (κ2) is 6.35. The fraction of sp³-hybridized carbons (Fsp3) is 0.583. The number of hydrogen-bond acceptors (Lipinski definition) is 8. The summed E-state index contributed by atoms with van der Waals surface area (Å²) < 4.78 is 57.4. The van der Waals surface area contributed by atoms with Crippen LogP contribution in [-0.2, 0) is 23.1 Å². The predicted molar refractivity (Wildman–Crippen MR) is 80.4 cm³/mol. The van der Waals surface area contributed by atoms with Crippen molar-refractivity contribution in [3.05, 3.63) is 22.7 Å². The van der Waals surface area contributed by atoms with E-state index in [0.29, 0.717) is 4.57 Å². The van der Waals surface area contributed by atoms with Crippen LogP contribution in [0.5, 0.6) is 0 Å². The van der Waals surface area contributed by atoms with E-state index >= 15 is 0 Å². The molecule has 0 spiro atoms. The topological polar surface area (TPSA) is 155 Å². The summed E-state index contributed by atoms with van der Waals surface area (Å²) in [6.07, 6.45) is -4.44. The van der Waals surface area contributed by atoms with Crippen LogP contribution < -0.4 is 16.5 Å². The summed E-state index contributed by atoms with van der Waals surface area (Å²) in [4.78, 5) is 26.0. The quantitative estimate of drug-likeness (QED) is 0.590. The average molecular weight is 396 g/mol. The Labute approximate surface area is 144 Å². The van der Waals surface area contributed by atoms with Gasteiger partial charge in [-0.2, -0.15) is 13.8 Å². The van der Waals surface area contributed by atoms with E-state index in [1.165, 1.54) is 0 Å². The Hall–Kier alpha value is -1.92. The first-order valence-electron chi connectivity index (χ1n) is 7.35. The van der Waals surface area contributed by atoms with Crippen LogP contribution in [-0.4, -0.2) is 51.4 Å². The fourth-order valence-corrected chi connectivity index (χ4v) is 4.25. The maximum absolute atomic E-state index is 14.8. The number of carboxylic acid groups (broad SMARTS) is 1. The van der Waals surface area contributed by atoms with Crippen molar-refractivity contribution in [1.29, 1.82) is 0 Å². The zero-order valence-corrected chi connectivity index (χ0v) is 14.1. The van der Waals surface area contributed by atoms with Crippen LogP contribution in [0.15, 0.2) is 17.1 Å². The van der Waals surface area contributed by atoms with Crippen molar-refractivity contribution < 1.29 is 37.0 Å². The molecule has 1 aromatic heterocycles. The largest absolute Gasteiger partial charge is 0.480 e. The van der Waals surface area contributed by atoms with E-state index in [1.54, 1.807) is 0 Å². The average Bonchev–Trinajstić information content (AvgIpc) is 2.78. The molecule has 1 aromatic rings. The van der Waals surface area contributed by atoms with Gasteiger partial charge in [-0.15, -0.1) is 0 Å². The molecule has 2 aliphatic rings. The minimum absolute atomic E-state index is 0.152. The molecule has 5 atom stereocenters. The van der Waals surface area contributed by atoms with Gasteiger partial charge in [-0.25, -0.2) is 14.4 Å². The molecule has 0 aromatic carbocycles. The third kappa shape index (κ3) is 3.23. The SMILES string of the molecule is C[C@H](NP1(=O)OC[C@H]2O[C@@H](n3ccc(N)nc3=O)C(F)(F)[C@@H]2O1)C(=O)O. The molecule has 0 bridgehead atoms. The number of alkyl halides is 2. The molecule has 1 unspecified atom stereocenters. The van der Waals surface area contributed by atoms with Gasteiger partial charge in [0.25, 0.3) is 0 Å². The third-order valence-electron chi connectivity index (χ3n) is 3.84. The molecule has 26 heavy (non-hydrogen) atoms. The molecule has 0 aliphatic carbocycles. The summed E-state index contributed by atoms with van der Waals surface area (Å²) in [5.74, 6) is -5.30. The molecule has 0 saturated carbocycles. The second-order valence-electron chi connectivity index (χ2n) is 5.75. The van der Waals surface area contributed by atoms with Crippen LogP contribution >= 0.6 is 7.75 Å². The number of ether oxygens (including phenoxy) is 1. The Kier molecular flexibility index (Phi) is 4.61. The van der Waals surface area contributed by atoms with Gasteiger partial charge in [-0.1, -0.05) is 0 Å². The molecule has 4 N–H and O–H groups in total. The minimum atomic E-state index is -4.33. The van der Waals surface area contributed by atoms with Gasteiger partial charge in [0.05, 0.1) is 6.61 Å². The highest BCUT2D eigenvalue weighted by Gasteiger charge is 2.65. The van der Waals surface area contributed by atoms with Crippen molar-refractivity contribution >= 4 is 19.5 Å². The summed E-state index contributed by atoms with van der Waals surface area (Å²) in [5, 5.41) is 10.9. The van der Waals surface area contributed by atoms with E-state index < -0.39 is 56.4 Å². The van der Waals surface area contributed by atoms with Crippen molar-refractivity contribution in [2.75, 3.05) is 12.3 Å². The zero-order chi connectivity index (χ0) is 19.3. The number of halogens is 2. The lowest BCUT2D eigenvalue weighted by Gasteiger charge is -2.33. The van der Waals surface area contributed by atoms with Crippen LogP contribution in [0.1, 0.15) is 13.2 Å². The number of nitrogen functional groups attached to an aromatic ring is 1. The Bertz CT molecular complexity index is 834. The Morgan fingerprint density at radius 2 is 2.31 bits per heavy atom. The maximum atomic E-state index is 14.8. The van der Waals surface area contributed by atoms with Crippen molar-refractivity contribution in [1.82, 2.24) is 14.6 Å². The number of carbonyl (C=O) groups is 1. The van der Waals surface area contributed by atoms with Crippen molar-refractivity contribution in [2.45, 2.75) is 37.3 Å². The number of nitrogens with one attached hydrogen (secondary N) is 1. The lowest BCUT2D eigenvalue weighted by molar-refractivity contribution is -0.139. The highest BCUT2D eigenvalue weighted by molar-refractivity contribution is 7.51. The van der Waals surface area contributed by atoms with Crippen LogP contribution in [0.2, 0.25) is 0 Å². The number of hydrogen-bond donors (Lipinski definition) is 3. The summed E-state index contributed by atoms with van der Waals surface area (Å²) in [7, 11) is -4.33. The monoisotopic (exact) mass is 396 g/mol. The number of nitrogens with zero attached hydrogens (tertiary/aromatic N) is 2. The summed E-state index contributed by atoms with van der Waals surface area (Å²) >= 11 is 0. The number of rotatable bonds is 4. The summed E-state index contributed by atoms with van der Waals surface area (Å²) in [5.41, 5.74) is 4.27. The van der Waals surface area contributed by atoms with E-state index in [4.69, 9.17) is 24.6 Å². The van der Waals surface area contributed by atoms with Crippen LogP contribution in [0.3, 0.4) is 0 Å². The molecular formula is C12H15F2N4O7P. The van der Waals surface area contributed by atoms with E-state index in [-0.39, 0.29) is 5.82 Å². The highest BCUT2D eigenvalue weighted by Crippen LogP contribution is 2.57. The smallest absolute Gasteiger partial charge is 0.406 e. The van der Waals surface area contributed by atoms with Gasteiger partial charge in [0.2, 0.25) is 6.23 Å². The lowest BCUT2D eigenvalue weighted by atomic mass is 10.1. The Balaban J connectivity index is 1.86. The zero-order valence-electron chi connectivity index (χ0n) is 13.2. The molecule has 14 heteroatoms. The lowest BCUT2D eigenvalue weighted by Crippen LogP contribution is -2.47. The molecule has 11 nitrogen and oxygen atoms in total. The Morgan fingerprint density at radius 1 is 1.62 bits per heavy atom. The standard InChI is InChI=1S/C12H15F2N4O7P/c1-5(9(19)20)17-26(22)23-4-6-8(25-26)12(13,14)10(24-6)18-3-2-7(15)16-11(18)21/h2-3,5-6,8,10H,4H2,1H3,(H,17,22)(H,19,20)(H2,15,16,21)/t5-,6+,8+,10+,26?/m0/s1. The summed E-state index contributed by atoms with van der Waals surface area (Å²) in [6, 6.07) is -0.228. The van der Waals surface area contributed by atoms with Gasteiger partial charge < -0.3 is 15.6 Å². The molecule has 3 heterocycles. The van der Waals surface area contributed by atoms with Gasteiger partial charge in [0, 0.05) is 6.20 Å². The van der Waals surface area contributed by atoms with Gasteiger partial charge in [0.15, 0.2) is 6.10 Å². The minimum Gasteiger partial charge on any atom is -0.480 e. The second-order valence-corrected chi connectivity index (χ2v) is 7.47.